The zero-order valence-electron chi connectivity index (χ0n) is 18.6. The molecule has 3 heterocycles. The van der Waals surface area contributed by atoms with Gasteiger partial charge in [0.1, 0.15) is 15.7 Å². The minimum Gasteiger partial charge on any atom is -0.462 e. The molecule has 2 aromatic heterocycles. The van der Waals surface area contributed by atoms with Gasteiger partial charge in [0.15, 0.2) is 5.96 Å². The van der Waals surface area contributed by atoms with E-state index in [4.69, 9.17) is 4.74 Å². The summed E-state index contributed by atoms with van der Waals surface area (Å²) in [7, 11) is 1.70. The van der Waals surface area contributed by atoms with Gasteiger partial charge in [-0.05, 0) is 40.0 Å². The van der Waals surface area contributed by atoms with Gasteiger partial charge in [-0.1, -0.05) is 0 Å². The van der Waals surface area contributed by atoms with Crippen LogP contribution < -0.4 is 16.3 Å². The van der Waals surface area contributed by atoms with Gasteiger partial charge in [0, 0.05) is 33.1 Å². The number of thiazole rings is 1. The molecule has 0 aromatic carbocycles. The van der Waals surface area contributed by atoms with E-state index in [2.05, 4.69) is 25.7 Å². The van der Waals surface area contributed by atoms with Gasteiger partial charge in [-0.3, -0.25) is 9.56 Å². The molecule has 0 fully saturated rings. The lowest BCUT2D eigenvalue weighted by Gasteiger charge is -2.16. The molecule has 0 aliphatic carbocycles. The van der Waals surface area contributed by atoms with Crippen molar-refractivity contribution in [3.8, 4) is 0 Å². The molecule has 1 aliphatic rings. The van der Waals surface area contributed by atoms with Crippen LogP contribution in [-0.4, -0.2) is 51.5 Å². The van der Waals surface area contributed by atoms with E-state index >= 15 is 0 Å². The van der Waals surface area contributed by atoms with Crippen molar-refractivity contribution in [2.75, 3.05) is 20.2 Å². The highest BCUT2D eigenvalue weighted by molar-refractivity contribution is 7.13. The van der Waals surface area contributed by atoms with E-state index in [1.54, 1.807) is 23.2 Å². The Bertz CT molecular complexity index is 992. The van der Waals surface area contributed by atoms with Crippen LogP contribution in [0.5, 0.6) is 0 Å². The number of carbonyl (C=O) groups is 1. The summed E-state index contributed by atoms with van der Waals surface area (Å²) in [6, 6.07) is -0.124. The van der Waals surface area contributed by atoms with E-state index in [-0.39, 0.29) is 17.7 Å². The molecule has 1 atom stereocenters. The molecule has 0 radical (unpaired) electrons. The molecule has 170 valence electrons. The van der Waals surface area contributed by atoms with Crippen LogP contribution in [0.2, 0.25) is 0 Å². The van der Waals surface area contributed by atoms with E-state index in [0.29, 0.717) is 36.2 Å². The maximum Gasteiger partial charge on any atom is 0.350 e. The van der Waals surface area contributed by atoms with Gasteiger partial charge in [-0.2, -0.15) is 5.10 Å². The maximum atomic E-state index is 12.4. The number of hydrogen-bond donors (Lipinski definition) is 2. The summed E-state index contributed by atoms with van der Waals surface area (Å²) in [4.78, 5) is 33.7. The number of esters is 1. The third-order valence-electron chi connectivity index (χ3n) is 5.09. The van der Waals surface area contributed by atoms with Crippen molar-refractivity contribution in [3.05, 3.63) is 31.9 Å². The molecule has 10 nitrogen and oxygen atoms in total. The third-order valence-corrected chi connectivity index (χ3v) is 6.41. The monoisotopic (exact) mass is 449 g/mol. The lowest BCUT2D eigenvalue weighted by Crippen LogP contribution is -2.39. The Hall–Kier alpha value is -2.69. The summed E-state index contributed by atoms with van der Waals surface area (Å²) < 4.78 is 8.44. The second kappa shape index (κ2) is 10.6. The molecule has 31 heavy (non-hydrogen) atoms. The quantitative estimate of drug-likeness (QED) is 0.272. The summed E-state index contributed by atoms with van der Waals surface area (Å²) in [5.74, 6) is 1.20. The Kier molecular flexibility index (Phi) is 7.83. The standard InChI is InChI=1S/C20H31N7O3S/c1-5-30-18(28)16-13(2)23-17(31-16)14(3)24-19(21-4)22-10-8-12-27-20(29)26-11-7-6-9-15(26)25-27/h14H,5-12H2,1-4H3,(H2,21,22,24). The summed E-state index contributed by atoms with van der Waals surface area (Å²) in [6.45, 7) is 7.88. The summed E-state index contributed by atoms with van der Waals surface area (Å²) in [6.07, 6.45) is 3.76. The molecule has 0 spiro atoms. The molecular formula is C20H31N7O3S. The molecule has 2 N–H and O–H groups in total. The van der Waals surface area contributed by atoms with E-state index < -0.39 is 0 Å². The zero-order valence-corrected chi connectivity index (χ0v) is 19.4. The molecule has 0 bridgehead atoms. The Balaban J connectivity index is 1.50. The number of aryl methyl sites for hydroxylation is 3. The molecule has 0 saturated carbocycles. The van der Waals surface area contributed by atoms with Crippen molar-refractivity contribution in [1.29, 1.82) is 0 Å². The highest BCUT2D eigenvalue weighted by atomic mass is 32.1. The first-order valence-corrected chi connectivity index (χ1v) is 11.5. The van der Waals surface area contributed by atoms with Crippen molar-refractivity contribution in [2.45, 2.75) is 65.6 Å². The molecule has 0 saturated heterocycles. The molecule has 11 heteroatoms. The Morgan fingerprint density at radius 3 is 2.90 bits per heavy atom. The van der Waals surface area contributed by atoms with Crippen molar-refractivity contribution in [3.63, 3.8) is 0 Å². The van der Waals surface area contributed by atoms with Crippen LogP contribution in [0.4, 0.5) is 0 Å². The number of guanidine groups is 1. The molecular weight excluding hydrogens is 418 g/mol. The van der Waals surface area contributed by atoms with E-state index in [0.717, 1.165) is 43.1 Å². The van der Waals surface area contributed by atoms with Crippen LogP contribution in [0, 0.1) is 6.92 Å². The SMILES string of the molecule is CCOC(=O)c1sc(C(C)NC(=NC)NCCCn2nc3n(c2=O)CCCC3)nc1C. The smallest absolute Gasteiger partial charge is 0.350 e. The number of rotatable bonds is 8. The summed E-state index contributed by atoms with van der Waals surface area (Å²) in [5.41, 5.74) is 0.658. The Morgan fingerprint density at radius 1 is 1.39 bits per heavy atom. The third kappa shape index (κ3) is 5.52. The molecule has 1 unspecified atom stereocenters. The van der Waals surface area contributed by atoms with Gasteiger partial charge in [0.25, 0.3) is 0 Å². The van der Waals surface area contributed by atoms with Crippen molar-refractivity contribution in [2.24, 2.45) is 4.99 Å². The van der Waals surface area contributed by atoms with Crippen molar-refractivity contribution >= 4 is 23.3 Å². The molecule has 1 aliphatic heterocycles. The maximum absolute atomic E-state index is 12.4. The first kappa shape index (κ1) is 23.0. The fourth-order valence-electron chi connectivity index (χ4n) is 3.48. The highest BCUT2D eigenvalue weighted by Gasteiger charge is 2.20. The first-order valence-electron chi connectivity index (χ1n) is 10.7. The number of hydrogen-bond acceptors (Lipinski definition) is 7. The van der Waals surface area contributed by atoms with Crippen LogP contribution >= 0.6 is 11.3 Å². The Morgan fingerprint density at radius 2 is 2.19 bits per heavy atom. The average molecular weight is 450 g/mol. The fraction of sp³-hybridized carbons (Fsp3) is 0.650. The molecule has 0 amide bonds. The summed E-state index contributed by atoms with van der Waals surface area (Å²) in [5, 5.41) is 11.8. The highest BCUT2D eigenvalue weighted by Crippen LogP contribution is 2.24. The number of nitrogens with zero attached hydrogens (tertiary/aromatic N) is 5. The second-order valence-electron chi connectivity index (χ2n) is 7.44. The Labute approximate surface area is 185 Å². The largest absolute Gasteiger partial charge is 0.462 e. The van der Waals surface area contributed by atoms with Crippen LogP contribution in [0.25, 0.3) is 0 Å². The van der Waals surface area contributed by atoms with E-state index in [9.17, 15) is 9.59 Å². The van der Waals surface area contributed by atoms with Gasteiger partial charge in [-0.25, -0.2) is 19.3 Å². The van der Waals surface area contributed by atoms with Gasteiger partial charge in [0.05, 0.1) is 18.3 Å². The first-order chi connectivity index (χ1) is 14.9. The number of aliphatic imine (C=N–C) groups is 1. The van der Waals surface area contributed by atoms with E-state index in [1.165, 1.54) is 11.3 Å². The lowest BCUT2D eigenvalue weighted by atomic mass is 10.2. The number of carbonyl (C=O) groups excluding carboxylic acids is 1. The second-order valence-corrected chi connectivity index (χ2v) is 8.47. The predicted octanol–water partition coefficient (Wildman–Crippen LogP) is 1.64. The summed E-state index contributed by atoms with van der Waals surface area (Å²) >= 11 is 1.33. The van der Waals surface area contributed by atoms with Gasteiger partial charge < -0.3 is 15.4 Å². The molecule has 3 rings (SSSR count). The number of nitrogens with one attached hydrogen (secondary N) is 2. The van der Waals surface area contributed by atoms with Crippen LogP contribution in [0.15, 0.2) is 9.79 Å². The molecule has 2 aromatic rings. The van der Waals surface area contributed by atoms with Crippen LogP contribution in [0.3, 0.4) is 0 Å². The zero-order chi connectivity index (χ0) is 22.4. The topological polar surface area (TPSA) is 115 Å². The van der Waals surface area contributed by atoms with Gasteiger partial charge in [-0.15, -0.1) is 11.3 Å². The minimum atomic E-state index is -0.338. The van der Waals surface area contributed by atoms with Gasteiger partial charge >= 0.3 is 11.7 Å². The van der Waals surface area contributed by atoms with Crippen molar-refractivity contribution < 1.29 is 9.53 Å². The van der Waals surface area contributed by atoms with Crippen LogP contribution in [0.1, 0.15) is 65.3 Å². The predicted molar refractivity (Wildman–Crippen MR) is 120 cm³/mol. The normalized spacial score (nSPS) is 14.8. The number of fused-ring (bicyclic) bond motifs is 1. The van der Waals surface area contributed by atoms with E-state index in [1.807, 2.05) is 13.8 Å². The number of aromatic nitrogens is 4. The fourth-order valence-corrected chi connectivity index (χ4v) is 4.44. The van der Waals surface area contributed by atoms with Crippen LogP contribution in [-0.2, 0) is 24.2 Å². The lowest BCUT2D eigenvalue weighted by molar-refractivity contribution is 0.0531. The van der Waals surface area contributed by atoms with Crippen molar-refractivity contribution in [1.82, 2.24) is 30.0 Å². The van der Waals surface area contributed by atoms with Gasteiger partial charge in [0.2, 0.25) is 0 Å². The average Bonchev–Trinajstić information content (AvgIpc) is 3.31. The minimum absolute atomic E-state index is 0.0117. The number of ether oxygens (including phenoxy) is 1.